The quantitative estimate of drug-likeness (QED) is 0.533. The van der Waals surface area contributed by atoms with Crippen LogP contribution in [0.2, 0.25) is 0 Å². The van der Waals surface area contributed by atoms with Crippen molar-refractivity contribution in [3.05, 3.63) is 64.7 Å². The summed E-state index contributed by atoms with van der Waals surface area (Å²) in [6.07, 6.45) is 4.21. The average Bonchev–Trinajstić information content (AvgIpc) is 3.61. The molecule has 0 aliphatic heterocycles. The van der Waals surface area contributed by atoms with Crippen molar-refractivity contribution in [2.45, 2.75) is 81.2 Å². The Balaban J connectivity index is 1.37. The number of aliphatic hydroxyl groups is 4. The zero-order valence-corrected chi connectivity index (χ0v) is 18.4. The molecule has 0 amide bonds. The highest BCUT2D eigenvalue weighted by atomic mass is 16.5. The van der Waals surface area contributed by atoms with Crippen molar-refractivity contribution in [2.75, 3.05) is 6.61 Å². The summed E-state index contributed by atoms with van der Waals surface area (Å²) in [5.41, 5.74) is 4.81. The largest absolute Gasteiger partial charge is 0.490 e. The molecule has 3 aliphatic rings. The van der Waals surface area contributed by atoms with Crippen molar-refractivity contribution >= 4 is 0 Å². The number of hydrogen-bond donors (Lipinski definition) is 4. The van der Waals surface area contributed by atoms with Crippen molar-refractivity contribution in [1.29, 1.82) is 0 Å². The summed E-state index contributed by atoms with van der Waals surface area (Å²) >= 11 is 0. The molecule has 32 heavy (non-hydrogen) atoms. The molecule has 5 atom stereocenters. The standard InChI is InChI=1S/C27H34O5/c28-15-20-14-24(26(30)27(31)25(20)29)18-8-11-23(17-6-7-17)19(13-18)12-16-4-9-22(10-5-16)32-21-2-1-3-21/h4-5,8-11,13,17,20-21,24-31H,1-3,6-7,12,14-15H2/t20-,24+,25-,26+,27+/m1/s1. The minimum absolute atomic E-state index is 0.205. The van der Waals surface area contributed by atoms with E-state index >= 15 is 0 Å². The van der Waals surface area contributed by atoms with Crippen LogP contribution in [0.1, 0.15) is 72.6 Å². The first-order chi connectivity index (χ1) is 15.5. The van der Waals surface area contributed by atoms with Gasteiger partial charge in [0, 0.05) is 18.4 Å². The van der Waals surface area contributed by atoms with Gasteiger partial charge in [-0.2, -0.15) is 0 Å². The van der Waals surface area contributed by atoms with Crippen LogP contribution >= 0.6 is 0 Å². The number of rotatable bonds is 7. The first-order valence-electron chi connectivity index (χ1n) is 12.1. The summed E-state index contributed by atoms with van der Waals surface area (Å²) in [4.78, 5) is 0. The molecule has 3 fully saturated rings. The monoisotopic (exact) mass is 438 g/mol. The van der Waals surface area contributed by atoms with Gasteiger partial charge >= 0.3 is 0 Å². The minimum atomic E-state index is -1.25. The summed E-state index contributed by atoms with van der Waals surface area (Å²) in [7, 11) is 0. The number of hydrogen-bond acceptors (Lipinski definition) is 5. The van der Waals surface area contributed by atoms with Gasteiger partial charge in [0.2, 0.25) is 0 Å². The zero-order valence-electron chi connectivity index (χ0n) is 18.4. The molecule has 0 aromatic heterocycles. The van der Waals surface area contributed by atoms with E-state index in [0.717, 1.165) is 30.6 Å². The first-order valence-corrected chi connectivity index (χ1v) is 12.1. The molecule has 0 bridgehead atoms. The summed E-state index contributed by atoms with van der Waals surface area (Å²) < 4.78 is 5.98. The van der Waals surface area contributed by atoms with Gasteiger partial charge < -0.3 is 25.2 Å². The molecule has 3 aliphatic carbocycles. The SMILES string of the molecule is OC[C@H]1C[C@@H](c2ccc(C3CC3)c(Cc3ccc(OC4CCC4)cc3)c2)[C@H](O)[C@@H](O)[C@@H]1O. The Bertz CT molecular complexity index is 916. The van der Waals surface area contributed by atoms with Crippen LogP contribution in [-0.2, 0) is 6.42 Å². The van der Waals surface area contributed by atoms with Crippen LogP contribution < -0.4 is 4.74 Å². The highest BCUT2D eigenvalue weighted by Gasteiger charge is 2.43. The van der Waals surface area contributed by atoms with Gasteiger partial charge in [0.15, 0.2) is 0 Å². The molecule has 0 unspecified atom stereocenters. The number of aliphatic hydroxyl groups excluding tert-OH is 4. The topological polar surface area (TPSA) is 90.2 Å². The van der Waals surface area contributed by atoms with Gasteiger partial charge in [0.05, 0.1) is 18.3 Å². The van der Waals surface area contributed by atoms with E-state index in [4.69, 9.17) is 4.74 Å². The molecule has 0 spiro atoms. The Hall–Kier alpha value is -1.92. The fourth-order valence-corrected chi connectivity index (χ4v) is 5.23. The van der Waals surface area contributed by atoms with Crippen molar-refractivity contribution in [3.8, 4) is 5.75 Å². The Kier molecular flexibility index (Phi) is 6.26. The molecule has 3 saturated carbocycles. The molecule has 0 saturated heterocycles. The smallest absolute Gasteiger partial charge is 0.119 e. The molecule has 2 aromatic carbocycles. The van der Waals surface area contributed by atoms with Crippen LogP contribution in [0.3, 0.4) is 0 Å². The Labute approximate surface area is 189 Å². The maximum absolute atomic E-state index is 10.7. The maximum atomic E-state index is 10.7. The summed E-state index contributed by atoms with van der Waals surface area (Å²) in [5, 5.41) is 40.8. The van der Waals surface area contributed by atoms with Crippen molar-refractivity contribution < 1.29 is 25.2 Å². The summed E-state index contributed by atoms with van der Waals surface area (Å²) in [6.45, 7) is -0.205. The van der Waals surface area contributed by atoms with E-state index in [9.17, 15) is 20.4 Å². The van der Waals surface area contributed by atoms with Crippen LogP contribution in [0.4, 0.5) is 0 Å². The second-order valence-corrected chi connectivity index (χ2v) is 9.98. The van der Waals surface area contributed by atoms with E-state index in [0.29, 0.717) is 18.4 Å². The Morgan fingerprint density at radius 2 is 1.59 bits per heavy atom. The van der Waals surface area contributed by atoms with E-state index in [1.165, 1.54) is 36.0 Å². The van der Waals surface area contributed by atoms with Crippen LogP contribution in [0, 0.1) is 5.92 Å². The lowest BCUT2D eigenvalue weighted by molar-refractivity contribution is -0.127. The van der Waals surface area contributed by atoms with Crippen molar-refractivity contribution in [1.82, 2.24) is 0 Å². The predicted molar refractivity (Wildman–Crippen MR) is 122 cm³/mol. The first kappa shape index (κ1) is 21.9. The van der Waals surface area contributed by atoms with E-state index in [1.807, 2.05) is 0 Å². The second-order valence-electron chi connectivity index (χ2n) is 9.98. The average molecular weight is 439 g/mol. The predicted octanol–water partition coefficient (Wildman–Crippen LogP) is 3.26. The second kappa shape index (κ2) is 9.14. The molecule has 2 aromatic rings. The molecule has 5 heteroatoms. The fraction of sp³-hybridized carbons (Fsp3) is 0.556. The van der Waals surface area contributed by atoms with Crippen LogP contribution in [0.15, 0.2) is 42.5 Å². The van der Waals surface area contributed by atoms with E-state index in [2.05, 4.69) is 42.5 Å². The normalized spacial score (nSPS) is 30.7. The molecule has 5 rings (SSSR count). The van der Waals surface area contributed by atoms with Crippen molar-refractivity contribution in [3.63, 3.8) is 0 Å². The molecule has 4 N–H and O–H groups in total. The highest BCUT2D eigenvalue weighted by molar-refractivity contribution is 5.42. The molecule has 172 valence electrons. The Morgan fingerprint density at radius 1 is 0.844 bits per heavy atom. The summed E-state index contributed by atoms with van der Waals surface area (Å²) in [6, 6.07) is 14.8. The Morgan fingerprint density at radius 3 is 2.22 bits per heavy atom. The molecular weight excluding hydrogens is 404 g/mol. The van der Waals surface area contributed by atoms with Crippen molar-refractivity contribution in [2.24, 2.45) is 5.92 Å². The third-order valence-corrected chi connectivity index (χ3v) is 7.67. The fourth-order valence-electron chi connectivity index (χ4n) is 5.23. The number of ether oxygens (including phenoxy) is 1. The van der Waals surface area contributed by atoms with Gasteiger partial charge in [-0.1, -0.05) is 30.3 Å². The van der Waals surface area contributed by atoms with Gasteiger partial charge in [0.1, 0.15) is 11.9 Å². The molecule has 5 nitrogen and oxygen atoms in total. The van der Waals surface area contributed by atoms with E-state index in [-0.39, 0.29) is 12.5 Å². The minimum Gasteiger partial charge on any atom is -0.490 e. The van der Waals surface area contributed by atoms with Crippen LogP contribution in [0.5, 0.6) is 5.75 Å². The highest BCUT2D eigenvalue weighted by Crippen LogP contribution is 2.44. The van der Waals surface area contributed by atoms with Crippen LogP contribution in [-0.4, -0.2) is 51.4 Å². The zero-order chi connectivity index (χ0) is 22.2. The van der Waals surface area contributed by atoms with Gasteiger partial charge in [-0.25, -0.2) is 0 Å². The van der Waals surface area contributed by atoms with Crippen LogP contribution in [0.25, 0.3) is 0 Å². The molecular formula is C27H34O5. The van der Waals surface area contributed by atoms with Gasteiger partial charge in [-0.3, -0.25) is 0 Å². The number of benzene rings is 2. The lowest BCUT2D eigenvalue weighted by atomic mass is 9.72. The molecule has 0 radical (unpaired) electrons. The summed E-state index contributed by atoms with van der Waals surface area (Å²) in [5.74, 6) is 0.792. The third-order valence-electron chi connectivity index (χ3n) is 7.67. The lowest BCUT2D eigenvalue weighted by Gasteiger charge is -2.40. The maximum Gasteiger partial charge on any atom is 0.119 e. The van der Waals surface area contributed by atoms with Gasteiger partial charge in [-0.05, 0) is 85.3 Å². The lowest BCUT2D eigenvalue weighted by Crippen LogP contribution is -2.51. The third kappa shape index (κ3) is 4.44. The van der Waals surface area contributed by atoms with E-state index < -0.39 is 24.2 Å². The van der Waals surface area contributed by atoms with Gasteiger partial charge in [0.25, 0.3) is 0 Å². The van der Waals surface area contributed by atoms with Gasteiger partial charge in [-0.15, -0.1) is 0 Å². The van der Waals surface area contributed by atoms with E-state index in [1.54, 1.807) is 0 Å². The molecule has 0 heterocycles.